The van der Waals surface area contributed by atoms with Crippen LogP contribution in [0.3, 0.4) is 0 Å². The van der Waals surface area contributed by atoms with Crippen molar-refractivity contribution in [2.75, 3.05) is 17.1 Å². The molecule has 0 aliphatic rings. The van der Waals surface area contributed by atoms with Gasteiger partial charge in [-0.15, -0.1) is 0 Å². The average molecular weight is 498 g/mol. The summed E-state index contributed by atoms with van der Waals surface area (Å²) in [5, 5.41) is 2.63. The Kier molecular flexibility index (Phi) is 5.71. The molecule has 0 fully saturated rings. The molecule has 0 aliphatic carbocycles. The van der Waals surface area contributed by atoms with Crippen LogP contribution in [-0.4, -0.2) is 21.4 Å². The Hall–Kier alpha value is -2.53. The van der Waals surface area contributed by atoms with Gasteiger partial charge < -0.3 is 14.5 Å². The largest absolute Gasteiger partial charge is 0.495 e. The van der Waals surface area contributed by atoms with E-state index in [0.29, 0.717) is 16.9 Å². The van der Waals surface area contributed by atoms with Gasteiger partial charge in [0.25, 0.3) is 15.9 Å². The highest BCUT2D eigenvalue weighted by Gasteiger charge is 2.21. The molecule has 0 spiro atoms. The first-order valence-electron chi connectivity index (χ1n) is 7.69. The lowest BCUT2D eigenvalue weighted by molar-refractivity contribution is 0.102. The molecule has 0 saturated carbocycles. The van der Waals surface area contributed by atoms with Crippen molar-refractivity contribution in [3.8, 4) is 5.75 Å². The van der Waals surface area contributed by atoms with Crippen LogP contribution in [0, 0.1) is 3.57 Å². The zero-order valence-electron chi connectivity index (χ0n) is 14.1. The van der Waals surface area contributed by atoms with Crippen LogP contribution in [0.15, 0.2) is 70.4 Å². The highest BCUT2D eigenvalue weighted by Crippen LogP contribution is 2.29. The molecule has 0 unspecified atom stereocenters. The number of ether oxygens (including phenoxy) is 1. The Morgan fingerprint density at radius 2 is 1.78 bits per heavy atom. The van der Waals surface area contributed by atoms with Gasteiger partial charge >= 0.3 is 0 Å². The second-order valence-corrected chi connectivity index (χ2v) is 8.34. The van der Waals surface area contributed by atoms with E-state index in [1.807, 2.05) is 0 Å². The van der Waals surface area contributed by atoms with Gasteiger partial charge in [-0.25, -0.2) is 8.42 Å². The number of halogens is 1. The molecule has 9 heteroatoms. The summed E-state index contributed by atoms with van der Waals surface area (Å²) >= 11 is 2.13. The van der Waals surface area contributed by atoms with E-state index in [1.165, 1.54) is 37.8 Å². The fraction of sp³-hybridized carbons (Fsp3) is 0.0556. The Balaban J connectivity index is 1.90. The highest BCUT2D eigenvalue weighted by atomic mass is 127. The van der Waals surface area contributed by atoms with Crippen LogP contribution >= 0.6 is 22.6 Å². The Morgan fingerprint density at radius 1 is 1.07 bits per heavy atom. The maximum absolute atomic E-state index is 12.8. The van der Waals surface area contributed by atoms with Gasteiger partial charge in [0, 0.05) is 14.9 Å². The van der Waals surface area contributed by atoms with Crippen LogP contribution in [0.2, 0.25) is 0 Å². The lowest BCUT2D eigenvalue weighted by Gasteiger charge is -2.13. The van der Waals surface area contributed by atoms with Crippen LogP contribution in [0.25, 0.3) is 0 Å². The summed E-state index contributed by atoms with van der Waals surface area (Å²) in [4.78, 5) is 12.1. The molecular formula is C18H15IN2O5S. The minimum absolute atomic E-state index is 0.0893. The molecule has 1 heterocycles. The highest BCUT2D eigenvalue weighted by molar-refractivity contribution is 14.1. The Labute approximate surface area is 169 Å². The third kappa shape index (κ3) is 4.61. The fourth-order valence-electron chi connectivity index (χ4n) is 2.29. The summed E-state index contributed by atoms with van der Waals surface area (Å²) in [5.74, 6) is -0.253. The molecule has 0 bridgehead atoms. The molecule has 7 nitrogen and oxygen atoms in total. The topological polar surface area (TPSA) is 97.6 Å². The summed E-state index contributed by atoms with van der Waals surface area (Å²) in [6.07, 6.45) is 2.68. The molecule has 2 N–H and O–H groups in total. The van der Waals surface area contributed by atoms with Crippen LogP contribution in [0.4, 0.5) is 11.4 Å². The zero-order chi connectivity index (χ0) is 19.4. The molecule has 2 aromatic carbocycles. The molecular weight excluding hydrogens is 483 g/mol. The van der Waals surface area contributed by atoms with E-state index in [9.17, 15) is 13.2 Å². The number of carbonyl (C=O) groups is 1. The van der Waals surface area contributed by atoms with Gasteiger partial charge in [-0.2, -0.15) is 0 Å². The molecule has 3 aromatic rings. The maximum Gasteiger partial charge on any atom is 0.265 e. The van der Waals surface area contributed by atoms with Crippen molar-refractivity contribution in [2.45, 2.75) is 4.90 Å². The zero-order valence-corrected chi connectivity index (χ0v) is 17.1. The van der Waals surface area contributed by atoms with Crippen molar-refractivity contribution < 1.29 is 22.4 Å². The van der Waals surface area contributed by atoms with E-state index in [0.717, 1.165) is 3.57 Å². The van der Waals surface area contributed by atoms with Gasteiger partial charge in [0.2, 0.25) is 0 Å². The van der Waals surface area contributed by atoms with Gasteiger partial charge in [-0.1, -0.05) is 0 Å². The second-order valence-electron chi connectivity index (χ2n) is 5.44. The number of carbonyl (C=O) groups excluding carboxylic acids is 1. The number of rotatable bonds is 6. The molecule has 0 radical (unpaired) electrons. The van der Waals surface area contributed by atoms with Crippen molar-refractivity contribution in [3.63, 3.8) is 0 Å². The number of sulfonamides is 1. The van der Waals surface area contributed by atoms with Gasteiger partial charge in [-0.05, 0) is 71.1 Å². The van der Waals surface area contributed by atoms with E-state index in [4.69, 9.17) is 9.15 Å². The van der Waals surface area contributed by atoms with E-state index in [1.54, 1.807) is 30.3 Å². The average Bonchev–Trinajstić information content (AvgIpc) is 3.18. The summed E-state index contributed by atoms with van der Waals surface area (Å²) < 4.78 is 39.2. The van der Waals surface area contributed by atoms with Crippen LogP contribution in [0.1, 0.15) is 10.4 Å². The molecule has 140 valence electrons. The standard InChI is InChI=1S/C18H15IN2O5S/c1-25-16-7-6-15(20-18(22)12-8-9-26-11-12)10-17(16)27(23,24)21-14-4-2-13(19)3-5-14/h2-11,21H,1H3,(H,20,22). The smallest absolute Gasteiger partial charge is 0.265 e. The SMILES string of the molecule is COc1ccc(NC(=O)c2ccoc2)cc1S(=O)(=O)Nc1ccc(I)cc1. The predicted molar refractivity (Wildman–Crippen MR) is 110 cm³/mol. The fourth-order valence-corrected chi connectivity index (χ4v) is 3.90. The first-order valence-corrected chi connectivity index (χ1v) is 10.3. The third-order valence-electron chi connectivity index (χ3n) is 3.59. The van der Waals surface area contributed by atoms with Gasteiger partial charge in [-0.3, -0.25) is 9.52 Å². The number of amides is 1. The number of hydrogen-bond donors (Lipinski definition) is 2. The summed E-state index contributed by atoms with van der Waals surface area (Å²) in [5.41, 5.74) is 1.06. The minimum Gasteiger partial charge on any atom is -0.495 e. The van der Waals surface area contributed by atoms with Crippen molar-refractivity contribution >= 4 is 49.9 Å². The lowest BCUT2D eigenvalue weighted by atomic mass is 10.2. The van der Waals surface area contributed by atoms with Gasteiger partial charge in [0.15, 0.2) is 0 Å². The maximum atomic E-state index is 12.8. The quantitative estimate of drug-likeness (QED) is 0.502. The van der Waals surface area contributed by atoms with E-state index in [-0.39, 0.29) is 10.6 Å². The second kappa shape index (κ2) is 8.01. The molecule has 3 rings (SSSR count). The van der Waals surface area contributed by atoms with Gasteiger partial charge in [0.05, 0.1) is 18.9 Å². The summed E-state index contributed by atoms with van der Waals surface area (Å²) in [6.45, 7) is 0. The van der Waals surface area contributed by atoms with E-state index >= 15 is 0 Å². The van der Waals surface area contributed by atoms with Crippen LogP contribution in [-0.2, 0) is 10.0 Å². The number of benzene rings is 2. The Bertz CT molecular complexity index is 1050. The summed E-state index contributed by atoms with van der Waals surface area (Å²) in [6, 6.07) is 12.8. The van der Waals surface area contributed by atoms with Gasteiger partial charge in [0.1, 0.15) is 16.9 Å². The number of methoxy groups -OCH3 is 1. The number of anilines is 2. The number of furan rings is 1. The van der Waals surface area contributed by atoms with E-state index in [2.05, 4.69) is 32.6 Å². The molecule has 0 atom stereocenters. The van der Waals surface area contributed by atoms with Crippen LogP contribution in [0.5, 0.6) is 5.75 Å². The minimum atomic E-state index is -3.93. The molecule has 1 amide bonds. The van der Waals surface area contributed by atoms with Crippen molar-refractivity contribution in [1.29, 1.82) is 0 Å². The third-order valence-corrected chi connectivity index (χ3v) is 5.71. The molecule has 27 heavy (non-hydrogen) atoms. The molecule has 0 saturated heterocycles. The Morgan fingerprint density at radius 3 is 2.41 bits per heavy atom. The lowest BCUT2D eigenvalue weighted by Crippen LogP contribution is -2.16. The first-order chi connectivity index (χ1) is 12.9. The monoisotopic (exact) mass is 498 g/mol. The van der Waals surface area contributed by atoms with Crippen LogP contribution < -0.4 is 14.8 Å². The summed E-state index contributed by atoms with van der Waals surface area (Å²) in [7, 11) is -2.55. The predicted octanol–water partition coefficient (Wildman–Crippen LogP) is 3.95. The normalized spacial score (nSPS) is 11.0. The van der Waals surface area contributed by atoms with E-state index < -0.39 is 15.9 Å². The van der Waals surface area contributed by atoms with Crippen molar-refractivity contribution in [1.82, 2.24) is 0 Å². The van der Waals surface area contributed by atoms with Crippen molar-refractivity contribution in [2.24, 2.45) is 0 Å². The molecule has 0 aliphatic heterocycles. The number of nitrogens with one attached hydrogen (secondary N) is 2. The van der Waals surface area contributed by atoms with Crippen molar-refractivity contribution in [3.05, 3.63) is 70.2 Å². The first kappa shape index (κ1) is 19.2. The molecule has 1 aromatic heterocycles. The number of hydrogen-bond acceptors (Lipinski definition) is 5.